The number of nitrogens with one attached hydrogen (secondary N) is 2. The Balaban J connectivity index is 1.58. The van der Waals surface area contributed by atoms with Gasteiger partial charge in [0.2, 0.25) is 0 Å². The smallest absolute Gasteiger partial charge is 0.157 e. The predicted octanol–water partition coefficient (Wildman–Crippen LogP) is 4.79. The molecule has 0 aliphatic heterocycles. The molecule has 30 heavy (non-hydrogen) atoms. The van der Waals surface area contributed by atoms with Crippen molar-refractivity contribution in [2.75, 3.05) is 10.6 Å². The molecule has 1 aromatic heterocycles. The van der Waals surface area contributed by atoms with Gasteiger partial charge in [0.05, 0.1) is 22.5 Å². The number of nitriles is 1. The van der Waals surface area contributed by atoms with Crippen molar-refractivity contribution in [3.63, 3.8) is 0 Å². The lowest BCUT2D eigenvalue weighted by atomic mass is 10.1. The third kappa shape index (κ3) is 4.78. The number of benzene rings is 2. The van der Waals surface area contributed by atoms with Crippen molar-refractivity contribution in [2.45, 2.75) is 44.0 Å². The van der Waals surface area contributed by atoms with Crippen molar-refractivity contribution in [3.05, 3.63) is 65.4 Å². The molecular weight excluding hydrogens is 396 g/mol. The molecule has 1 aliphatic carbocycles. The Kier molecular flexibility index (Phi) is 6.26. The van der Waals surface area contributed by atoms with Gasteiger partial charge in [-0.1, -0.05) is 37.1 Å². The number of aromatic nitrogens is 1. The Hall–Kier alpha value is -2.95. The van der Waals surface area contributed by atoms with Crippen molar-refractivity contribution in [3.8, 4) is 6.07 Å². The lowest BCUT2D eigenvalue weighted by Crippen LogP contribution is -2.16. The maximum atomic E-state index is 11.1. The maximum Gasteiger partial charge on any atom is 0.157 e. The average Bonchev–Trinajstić information content (AvgIpc) is 3.25. The van der Waals surface area contributed by atoms with Crippen LogP contribution in [-0.4, -0.2) is 19.8 Å². The lowest BCUT2D eigenvalue weighted by Gasteiger charge is -2.17. The van der Waals surface area contributed by atoms with E-state index in [0.717, 1.165) is 46.2 Å². The standard InChI is InChI=1S/C23H24N4O2S/c24-12-18-14-26-22-9-8-20(11-21(22)23(18)27-19-6-1-2-7-19)25-13-16-4-3-5-17(10-16)15-30(28)29/h3-5,8-11,14,19,25H,1-2,6-7,13,15H2,(H,26,27)(H,28,29). The fourth-order valence-corrected chi connectivity index (χ4v) is 4.46. The highest BCUT2D eigenvalue weighted by molar-refractivity contribution is 7.78. The predicted molar refractivity (Wildman–Crippen MR) is 121 cm³/mol. The second-order valence-electron chi connectivity index (χ2n) is 7.66. The number of fused-ring (bicyclic) bond motifs is 1. The minimum Gasteiger partial charge on any atom is -0.381 e. The summed E-state index contributed by atoms with van der Waals surface area (Å²) < 4.78 is 20.2. The number of hydrogen-bond acceptors (Lipinski definition) is 5. The molecule has 0 amide bonds. The molecule has 1 atom stereocenters. The van der Waals surface area contributed by atoms with Crippen LogP contribution >= 0.6 is 0 Å². The molecule has 0 spiro atoms. The molecule has 7 heteroatoms. The zero-order chi connectivity index (χ0) is 20.9. The highest BCUT2D eigenvalue weighted by atomic mass is 32.2. The van der Waals surface area contributed by atoms with E-state index in [-0.39, 0.29) is 5.75 Å². The van der Waals surface area contributed by atoms with Crippen LogP contribution in [-0.2, 0) is 23.4 Å². The van der Waals surface area contributed by atoms with E-state index in [1.807, 2.05) is 42.5 Å². The summed E-state index contributed by atoms with van der Waals surface area (Å²) in [5.74, 6) is 0.128. The van der Waals surface area contributed by atoms with E-state index < -0.39 is 11.1 Å². The first-order valence-corrected chi connectivity index (χ1v) is 11.4. The Bertz CT molecular complexity index is 1120. The summed E-state index contributed by atoms with van der Waals surface area (Å²) in [5, 5.41) is 17.5. The molecule has 1 saturated carbocycles. The molecule has 0 bridgehead atoms. The number of hydrogen-bond donors (Lipinski definition) is 3. The second-order valence-corrected chi connectivity index (χ2v) is 8.59. The van der Waals surface area contributed by atoms with Crippen molar-refractivity contribution >= 4 is 33.4 Å². The highest BCUT2D eigenvalue weighted by Gasteiger charge is 2.18. The van der Waals surface area contributed by atoms with E-state index >= 15 is 0 Å². The Morgan fingerprint density at radius 1 is 1.17 bits per heavy atom. The summed E-state index contributed by atoms with van der Waals surface area (Å²) in [6.07, 6.45) is 6.34. The first kappa shape index (κ1) is 20.3. The Morgan fingerprint density at radius 3 is 2.73 bits per heavy atom. The number of pyridine rings is 1. The number of nitrogens with zero attached hydrogens (tertiary/aromatic N) is 2. The molecule has 0 saturated heterocycles. The van der Waals surface area contributed by atoms with Crippen LogP contribution in [0.1, 0.15) is 42.4 Å². The van der Waals surface area contributed by atoms with Crippen LogP contribution in [0.15, 0.2) is 48.7 Å². The zero-order valence-corrected chi connectivity index (χ0v) is 17.4. The topological polar surface area (TPSA) is 98.0 Å². The molecule has 1 fully saturated rings. The molecule has 2 aromatic carbocycles. The molecular formula is C23H24N4O2S. The molecule has 3 aromatic rings. The first-order chi connectivity index (χ1) is 14.6. The molecule has 154 valence electrons. The first-order valence-electron chi connectivity index (χ1n) is 10.1. The third-order valence-corrected chi connectivity index (χ3v) is 6.05. The third-order valence-electron chi connectivity index (χ3n) is 5.47. The minimum atomic E-state index is -1.85. The van der Waals surface area contributed by atoms with Gasteiger partial charge in [-0.05, 0) is 42.2 Å². The van der Waals surface area contributed by atoms with Crippen molar-refractivity contribution in [2.24, 2.45) is 0 Å². The van der Waals surface area contributed by atoms with E-state index in [2.05, 4.69) is 21.7 Å². The van der Waals surface area contributed by atoms with Gasteiger partial charge >= 0.3 is 0 Å². The monoisotopic (exact) mass is 420 g/mol. The summed E-state index contributed by atoms with van der Waals surface area (Å²) in [5.41, 5.74) is 5.09. The largest absolute Gasteiger partial charge is 0.381 e. The highest BCUT2D eigenvalue weighted by Crippen LogP contribution is 2.31. The quantitative estimate of drug-likeness (QED) is 0.475. The van der Waals surface area contributed by atoms with Gasteiger partial charge < -0.3 is 15.2 Å². The van der Waals surface area contributed by atoms with Crippen molar-refractivity contribution < 1.29 is 8.76 Å². The van der Waals surface area contributed by atoms with Gasteiger partial charge in [0.1, 0.15) is 6.07 Å². The lowest BCUT2D eigenvalue weighted by molar-refractivity contribution is 0.563. The van der Waals surface area contributed by atoms with Gasteiger partial charge in [-0.25, -0.2) is 4.21 Å². The van der Waals surface area contributed by atoms with Crippen molar-refractivity contribution in [1.82, 2.24) is 4.98 Å². The van der Waals surface area contributed by atoms with Crippen LogP contribution in [0.3, 0.4) is 0 Å². The van der Waals surface area contributed by atoms with Gasteiger partial charge in [-0.3, -0.25) is 4.98 Å². The molecule has 1 heterocycles. The molecule has 4 rings (SSSR count). The zero-order valence-electron chi connectivity index (χ0n) is 16.6. The summed E-state index contributed by atoms with van der Waals surface area (Å²) in [6, 6.07) is 16.3. The van der Waals surface area contributed by atoms with E-state index in [4.69, 9.17) is 4.55 Å². The molecule has 3 N–H and O–H groups in total. The molecule has 6 nitrogen and oxygen atoms in total. The average molecular weight is 421 g/mol. The number of anilines is 2. The Morgan fingerprint density at radius 2 is 1.97 bits per heavy atom. The summed E-state index contributed by atoms with van der Waals surface area (Å²) in [4.78, 5) is 4.44. The van der Waals surface area contributed by atoms with Crippen molar-refractivity contribution in [1.29, 1.82) is 5.26 Å². The van der Waals surface area contributed by atoms with Gasteiger partial charge in [-0.15, -0.1) is 0 Å². The van der Waals surface area contributed by atoms with Crippen LogP contribution in [0, 0.1) is 11.3 Å². The van der Waals surface area contributed by atoms with E-state index in [1.54, 1.807) is 6.20 Å². The fraction of sp³-hybridized carbons (Fsp3) is 0.304. The summed E-state index contributed by atoms with van der Waals surface area (Å²) in [7, 11) is 0. The summed E-state index contributed by atoms with van der Waals surface area (Å²) >= 11 is -1.85. The molecule has 1 unspecified atom stereocenters. The van der Waals surface area contributed by atoms with E-state index in [9.17, 15) is 9.47 Å². The van der Waals surface area contributed by atoms with Crippen LogP contribution in [0.5, 0.6) is 0 Å². The van der Waals surface area contributed by atoms with Gasteiger partial charge in [0.25, 0.3) is 0 Å². The maximum absolute atomic E-state index is 11.1. The van der Waals surface area contributed by atoms with Gasteiger partial charge in [0, 0.05) is 29.9 Å². The summed E-state index contributed by atoms with van der Waals surface area (Å²) in [6.45, 7) is 0.591. The Labute approximate surface area is 178 Å². The second kappa shape index (κ2) is 9.24. The van der Waals surface area contributed by atoms with Crippen LogP contribution < -0.4 is 10.6 Å². The van der Waals surface area contributed by atoms with Gasteiger partial charge in [0.15, 0.2) is 11.1 Å². The van der Waals surface area contributed by atoms with E-state index in [0.29, 0.717) is 18.2 Å². The molecule has 1 aliphatic rings. The normalized spacial score (nSPS) is 15.1. The minimum absolute atomic E-state index is 0.128. The van der Waals surface area contributed by atoms with Crippen LogP contribution in [0.2, 0.25) is 0 Å². The fourth-order valence-electron chi connectivity index (χ4n) is 3.99. The van der Waals surface area contributed by atoms with Crippen LogP contribution in [0.25, 0.3) is 10.9 Å². The number of rotatable bonds is 7. The van der Waals surface area contributed by atoms with Crippen LogP contribution in [0.4, 0.5) is 11.4 Å². The SMILES string of the molecule is N#Cc1cnc2ccc(NCc3cccc(CS(=O)O)c3)cc2c1NC1CCCC1. The van der Waals surface area contributed by atoms with Gasteiger partial charge in [-0.2, -0.15) is 5.26 Å². The molecule has 0 radical (unpaired) electrons. The van der Waals surface area contributed by atoms with E-state index in [1.165, 1.54) is 12.8 Å².